The van der Waals surface area contributed by atoms with Crippen molar-refractivity contribution in [3.05, 3.63) is 59.9 Å². The first-order valence-corrected chi connectivity index (χ1v) is 6.77. The highest BCUT2D eigenvalue weighted by molar-refractivity contribution is 5.30. The van der Waals surface area contributed by atoms with Crippen molar-refractivity contribution in [1.82, 2.24) is 10.3 Å². The highest BCUT2D eigenvalue weighted by Gasteiger charge is 2.12. The lowest BCUT2D eigenvalue weighted by molar-refractivity contribution is -0.0499. The van der Waals surface area contributed by atoms with Crippen LogP contribution in [0, 0.1) is 0 Å². The molecule has 0 aliphatic carbocycles. The molecule has 1 aromatic carbocycles. The normalized spacial score (nSPS) is 14.0. The summed E-state index contributed by atoms with van der Waals surface area (Å²) in [6.07, 6.45) is 3.53. The maximum Gasteiger partial charge on any atom is 0.387 e. The number of halogens is 2. The molecular weight excluding hydrogens is 274 g/mol. The van der Waals surface area contributed by atoms with Crippen LogP contribution in [0.15, 0.2) is 48.8 Å². The van der Waals surface area contributed by atoms with Crippen molar-refractivity contribution in [2.24, 2.45) is 0 Å². The molecule has 0 fully saturated rings. The third-order valence-corrected chi connectivity index (χ3v) is 3.27. The van der Waals surface area contributed by atoms with Crippen LogP contribution in [0.25, 0.3) is 0 Å². The van der Waals surface area contributed by atoms with Crippen molar-refractivity contribution in [3.63, 3.8) is 0 Å². The molecule has 0 amide bonds. The van der Waals surface area contributed by atoms with E-state index in [4.69, 9.17) is 0 Å². The summed E-state index contributed by atoms with van der Waals surface area (Å²) in [7, 11) is 0. The number of alkyl halides is 2. The summed E-state index contributed by atoms with van der Waals surface area (Å²) in [4.78, 5) is 4.09. The van der Waals surface area contributed by atoms with E-state index < -0.39 is 6.61 Å². The van der Waals surface area contributed by atoms with E-state index in [0.717, 1.165) is 11.1 Å². The van der Waals surface area contributed by atoms with E-state index >= 15 is 0 Å². The molecule has 21 heavy (non-hydrogen) atoms. The highest BCUT2D eigenvalue weighted by atomic mass is 19.3. The average Bonchev–Trinajstić information content (AvgIpc) is 2.47. The van der Waals surface area contributed by atoms with Gasteiger partial charge in [0, 0.05) is 24.5 Å². The Morgan fingerprint density at radius 3 is 2.43 bits per heavy atom. The minimum atomic E-state index is -2.81. The molecule has 0 saturated heterocycles. The zero-order valence-corrected chi connectivity index (χ0v) is 12.0. The minimum absolute atomic E-state index is 0.00132. The van der Waals surface area contributed by atoms with Gasteiger partial charge in [-0.15, -0.1) is 0 Å². The SMILES string of the molecule is CC(NC(C)c1cccc(OC(F)F)c1)c1cccnc1. The Morgan fingerprint density at radius 1 is 1.05 bits per heavy atom. The number of aromatic nitrogens is 1. The number of ether oxygens (including phenoxy) is 1. The van der Waals surface area contributed by atoms with Crippen molar-refractivity contribution in [2.45, 2.75) is 32.5 Å². The van der Waals surface area contributed by atoms with Gasteiger partial charge in [-0.2, -0.15) is 8.78 Å². The number of nitrogens with zero attached hydrogens (tertiary/aromatic N) is 1. The molecule has 2 aromatic rings. The molecular formula is C16H18F2N2O. The molecule has 0 spiro atoms. The van der Waals surface area contributed by atoms with Gasteiger partial charge in [-0.05, 0) is 43.2 Å². The van der Waals surface area contributed by atoms with Gasteiger partial charge in [-0.25, -0.2) is 0 Å². The molecule has 2 rings (SSSR count). The zero-order chi connectivity index (χ0) is 15.2. The number of hydrogen-bond donors (Lipinski definition) is 1. The summed E-state index contributed by atoms with van der Waals surface area (Å²) in [5, 5.41) is 3.41. The van der Waals surface area contributed by atoms with Crippen molar-refractivity contribution in [1.29, 1.82) is 0 Å². The summed E-state index contributed by atoms with van der Waals surface area (Å²) in [6, 6.07) is 10.7. The summed E-state index contributed by atoms with van der Waals surface area (Å²) in [5.74, 6) is 0.171. The van der Waals surface area contributed by atoms with Crippen LogP contribution in [-0.4, -0.2) is 11.6 Å². The molecule has 112 valence electrons. The molecule has 0 radical (unpaired) electrons. The fourth-order valence-corrected chi connectivity index (χ4v) is 2.16. The van der Waals surface area contributed by atoms with E-state index in [0.29, 0.717) is 0 Å². The first kappa shape index (κ1) is 15.4. The topological polar surface area (TPSA) is 34.1 Å². The van der Waals surface area contributed by atoms with Crippen LogP contribution < -0.4 is 10.1 Å². The van der Waals surface area contributed by atoms with Crippen molar-refractivity contribution in [3.8, 4) is 5.75 Å². The number of rotatable bonds is 6. The smallest absolute Gasteiger partial charge is 0.387 e. The Hall–Kier alpha value is -2.01. The first-order valence-electron chi connectivity index (χ1n) is 6.77. The van der Waals surface area contributed by atoms with Crippen molar-refractivity contribution < 1.29 is 13.5 Å². The molecule has 5 heteroatoms. The van der Waals surface area contributed by atoms with Crippen LogP contribution in [0.5, 0.6) is 5.75 Å². The largest absolute Gasteiger partial charge is 0.435 e. The maximum absolute atomic E-state index is 12.2. The van der Waals surface area contributed by atoms with Crippen LogP contribution in [0.1, 0.15) is 37.1 Å². The van der Waals surface area contributed by atoms with Gasteiger partial charge in [-0.1, -0.05) is 18.2 Å². The van der Waals surface area contributed by atoms with E-state index in [2.05, 4.69) is 15.0 Å². The Labute approximate surface area is 123 Å². The van der Waals surface area contributed by atoms with E-state index in [1.165, 1.54) is 6.07 Å². The summed E-state index contributed by atoms with van der Waals surface area (Å²) >= 11 is 0. The van der Waals surface area contributed by atoms with Gasteiger partial charge in [0.25, 0.3) is 0 Å². The second kappa shape index (κ2) is 7.13. The average molecular weight is 292 g/mol. The molecule has 2 unspecified atom stereocenters. The predicted molar refractivity (Wildman–Crippen MR) is 77.3 cm³/mol. The van der Waals surface area contributed by atoms with Gasteiger partial charge >= 0.3 is 6.61 Å². The Balaban J connectivity index is 2.04. The third kappa shape index (κ3) is 4.49. The van der Waals surface area contributed by atoms with Crippen LogP contribution in [0.4, 0.5) is 8.78 Å². The minimum Gasteiger partial charge on any atom is -0.435 e. The maximum atomic E-state index is 12.2. The van der Waals surface area contributed by atoms with Gasteiger partial charge < -0.3 is 10.1 Å². The molecule has 1 aromatic heterocycles. The second-order valence-corrected chi connectivity index (χ2v) is 4.85. The standard InChI is InChI=1S/C16H18F2N2O/c1-11(20-12(2)14-6-4-8-19-10-14)13-5-3-7-15(9-13)21-16(17)18/h3-12,16,20H,1-2H3. The number of benzene rings is 1. The fraction of sp³-hybridized carbons (Fsp3) is 0.312. The Bertz CT molecular complexity index is 563. The van der Waals surface area contributed by atoms with Crippen LogP contribution in [0.3, 0.4) is 0 Å². The zero-order valence-electron chi connectivity index (χ0n) is 12.0. The van der Waals surface area contributed by atoms with Gasteiger partial charge in [0.05, 0.1) is 0 Å². The van der Waals surface area contributed by atoms with Crippen molar-refractivity contribution in [2.75, 3.05) is 0 Å². The Kier molecular flexibility index (Phi) is 5.22. The molecule has 0 aliphatic heterocycles. The molecule has 1 N–H and O–H groups in total. The van der Waals surface area contributed by atoms with E-state index in [9.17, 15) is 8.78 Å². The first-order chi connectivity index (χ1) is 10.1. The number of nitrogens with one attached hydrogen (secondary N) is 1. The molecule has 0 aliphatic rings. The molecule has 2 atom stereocenters. The molecule has 1 heterocycles. The van der Waals surface area contributed by atoms with E-state index in [1.54, 1.807) is 24.5 Å². The third-order valence-electron chi connectivity index (χ3n) is 3.27. The van der Waals surface area contributed by atoms with Crippen LogP contribution >= 0.6 is 0 Å². The van der Waals surface area contributed by atoms with E-state index in [-0.39, 0.29) is 17.8 Å². The lowest BCUT2D eigenvalue weighted by Gasteiger charge is -2.21. The fourth-order valence-electron chi connectivity index (χ4n) is 2.16. The summed E-state index contributed by atoms with van der Waals surface area (Å²) in [5.41, 5.74) is 1.97. The van der Waals surface area contributed by atoms with Crippen molar-refractivity contribution >= 4 is 0 Å². The lowest BCUT2D eigenvalue weighted by Crippen LogP contribution is -2.22. The highest BCUT2D eigenvalue weighted by Crippen LogP contribution is 2.23. The van der Waals surface area contributed by atoms with Gasteiger partial charge in [0.2, 0.25) is 0 Å². The predicted octanol–water partition coefficient (Wildman–Crippen LogP) is 4.09. The molecule has 3 nitrogen and oxygen atoms in total. The Morgan fingerprint density at radius 2 is 1.76 bits per heavy atom. The van der Waals surface area contributed by atoms with Crippen LogP contribution in [0.2, 0.25) is 0 Å². The number of pyridine rings is 1. The summed E-state index contributed by atoms with van der Waals surface area (Å²) in [6.45, 7) is 1.21. The monoisotopic (exact) mass is 292 g/mol. The summed E-state index contributed by atoms with van der Waals surface area (Å²) < 4.78 is 28.9. The van der Waals surface area contributed by atoms with E-state index in [1.807, 2.05) is 32.0 Å². The van der Waals surface area contributed by atoms with Gasteiger partial charge in [0.15, 0.2) is 0 Å². The van der Waals surface area contributed by atoms with Gasteiger partial charge in [-0.3, -0.25) is 4.98 Å². The van der Waals surface area contributed by atoms with Gasteiger partial charge in [0.1, 0.15) is 5.75 Å². The lowest BCUT2D eigenvalue weighted by atomic mass is 10.1. The second-order valence-electron chi connectivity index (χ2n) is 4.85. The molecule has 0 bridgehead atoms. The van der Waals surface area contributed by atoms with Crippen LogP contribution in [-0.2, 0) is 0 Å². The number of hydrogen-bond acceptors (Lipinski definition) is 3. The molecule has 0 saturated carbocycles. The quantitative estimate of drug-likeness (QED) is 0.870.